The first-order chi connectivity index (χ1) is 24.0. The van der Waals surface area contributed by atoms with Crippen molar-refractivity contribution in [1.82, 2.24) is 9.80 Å². The predicted molar refractivity (Wildman–Crippen MR) is 189 cm³/mol. The van der Waals surface area contributed by atoms with Crippen LogP contribution in [0.4, 0.5) is 11.4 Å². The fourth-order valence-electron chi connectivity index (χ4n) is 6.42. The third-order valence-electron chi connectivity index (χ3n) is 9.00. The molecule has 0 atom stereocenters. The number of morpholine rings is 1. The minimum absolute atomic E-state index is 0.101. The molecule has 0 saturated carbocycles. The largest absolute Gasteiger partial charge is 0.465 e. The maximum atomic E-state index is 13.0. The Morgan fingerprint density at radius 3 is 1.96 bits per heavy atom. The lowest BCUT2D eigenvalue weighted by Gasteiger charge is -2.39. The molecule has 2 amide bonds. The number of esters is 1. The summed E-state index contributed by atoms with van der Waals surface area (Å²) in [6.07, 6.45) is 0. The number of anilines is 2. The number of nitrogens with zero attached hydrogens (tertiary/aromatic N) is 3. The molecule has 2 heterocycles. The van der Waals surface area contributed by atoms with Crippen molar-refractivity contribution in [2.75, 3.05) is 83.0 Å². The molecule has 10 nitrogen and oxygen atoms in total. The number of amides is 2. The summed E-state index contributed by atoms with van der Waals surface area (Å²) >= 11 is 0. The van der Waals surface area contributed by atoms with E-state index in [1.54, 1.807) is 17.0 Å². The summed E-state index contributed by atoms with van der Waals surface area (Å²) < 4.78 is 16.0. The fourth-order valence-corrected chi connectivity index (χ4v) is 6.42. The molecule has 4 aromatic carbocycles. The topological polar surface area (TPSA) is 101 Å². The van der Waals surface area contributed by atoms with Gasteiger partial charge in [0.05, 0.1) is 37.6 Å². The van der Waals surface area contributed by atoms with Gasteiger partial charge in [0.15, 0.2) is 0 Å². The average Bonchev–Trinajstić information content (AvgIpc) is 3.16. The molecule has 1 N–H and O–H groups in total. The first kappa shape index (κ1) is 33.9. The molecule has 0 radical (unpaired) electrons. The lowest BCUT2D eigenvalue weighted by molar-refractivity contribution is -0.139. The molecule has 0 aliphatic carbocycles. The maximum absolute atomic E-state index is 13.0. The zero-order valence-electron chi connectivity index (χ0n) is 27.8. The first-order valence-corrected chi connectivity index (χ1v) is 16.6. The zero-order chi connectivity index (χ0) is 34.0. The van der Waals surface area contributed by atoms with Crippen LogP contribution in [0, 0.1) is 0 Å². The van der Waals surface area contributed by atoms with E-state index in [1.807, 2.05) is 30.3 Å². The molecule has 49 heavy (non-hydrogen) atoms. The predicted octanol–water partition coefficient (Wildman–Crippen LogP) is 4.87. The van der Waals surface area contributed by atoms with E-state index in [-0.39, 0.29) is 30.7 Å². The SMILES string of the molecule is COC(=O)c1cc(-c2ccc(N3CCOCC3)cc2)ccc1NC(=O)COCC(=O)N1CCN(C(c2ccccc2)c2ccccc2)CC1. The molecule has 10 heteroatoms. The number of piperazine rings is 1. The van der Waals surface area contributed by atoms with Gasteiger partial charge >= 0.3 is 5.97 Å². The van der Waals surface area contributed by atoms with Gasteiger partial charge in [0.1, 0.15) is 13.2 Å². The first-order valence-electron chi connectivity index (χ1n) is 16.6. The molecule has 4 aromatic rings. The van der Waals surface area contributed by atoms with Gasteiger partial charge in [-0.05, 0) is 46.5 Å². The molecule has 2 aliphatic heterocycles. The van der Waals surface area contributed by atoms with E-state index in [4.69, 9.17) is 14.2 Å². The second-order valence-corrected chi connectivity index (χ2v) is 12.1. The van der Waals surface area contributed by atoms with Crippen LogP contribution >= 0.6 is 0 Å². The van der Waals surface area contributed by atoms with Gasteiger partial charge in [-0.15, -0.1) is 0 Å². The highest BCUT2D eigenvalue weighted by atomic mass is 16.5. The number of ether oxygens (including phenoxy) is 3. The zero-order valence-corrected chi connectivity index (χ0v) is 27.8. The Morgan fingerprint density at radius 1 is 0.735 bits per heavy atom. The third kappa shape index (κ3) is 8.53. The van der Waals surface area contributed by atoms with Gasteiger partial charge in [-0.1, -0.05) is 78.9 Å². The third-order valence-corrected chi connectivity index (χ3v) is 9.00. The summed E-state index contributed by atoms with van der Waals surface area (Å²) in [5.74, 6) is -1.21. The van der Waals surface area contributed by atoms with Crippen LogP contribution in [-0.2, 0) is 23.8 Å². The van der Waals surface area contributed by atoms with Crippen LogP contribution < -0.4 is 10.2 Å². The van der Waals surface area contributed by atoms with Crippen molar-refractivity contribution >= 4 is 29.2 Å². The molecule has 6 rings (SSSR count). The number of carbonyl (C=O) groups excluding carboxylic acids is 3. The smallest absolute Gasteiger partial charge is 0.339 e. The number of carbonyl (C=O) groups is 3. The van der Waals surface area contributed by atoms with Crippen molar-refractivity contribution in [2.45, 2.75) is 6.04 Å². The number of hydrogen-bond acceptors (Lipinski definition) is 8. The van der Waals surface area contributed by atoms with E-state index >= 15 is 0 Å². The number of methoxy groups -OCH3 is 1. The number of rotatable bonds is 11. The average molecular weight is 663 g/mol. The molecule has 2 fully saturated rings. The molecule has 0 bridgehead atoms. The Balaban J connectivity index is 1.01. The molecule has 2 aliphatic rings. The second kappa shape index (κ2) is 16.4. The van der Waals surface area contributed by atoms with E-state index in [1.165, 1.54) is 18.2 Å². The monoisotopic (exact) mass is 662 g/mol. The van der Waals surface area contributed by atoms with E-state index in [0.717, 1.165) is 29.9 Å². The van der Waals surface area contributed by atoms with Gasteiger partial charge in [0.25, 0.3) is 0 Å². The molecular weight excluding hydrogens is 620 g/mol. The summed E-state index contributed by atoms with van der Waals surface area (Å²) in [6, 6.07) is 34.3. The summed E-state index contributed by atoms with van der Waals surface area (Å²) in [5, 5.41) is 2.74. The van der Waals surface area contributed by atoms with Gasteiger partial charge in [0.2, 0.25) is 11.8 Å². The molecule has 0 aromatic heterocycles. The Labute approximate surface area is 287 Å². The normalized spacial score (nSPS) is 15.2. The minimum Gasteiger partial charge on any atom is -0.465 e. The number of nitrogens with one attached hydrogen (secondary N) is 1. The summed E-state index contributed by atoms with van der Waals surface area (Å²) in [6.45, 7) is 5.13. The van der Waals surface area contributed by atoms with Crippen molar-refractivity contribution in [2.24, 2.45) is 0 Å². The maximum Gasteiger partial charge on any atom is 0.339 e. The molecule has 254 valence electrons. The van der Waals surface area contributed by atoms with E-state index in [0.29, 0.717) is 45.1 Å². The molecule has 2 saturated heterocycles. The van der Waals surface area contributed by atoms with E-state index < -0.39 is 11.9 Å². The Hall–Kier alpha value is -5.03. The van der Waals surface area contributed by atoms with Crippen LogP contribution in [-0.4, -0.2) is 100 Å². The summed E-state index contributed by atoms with van der Waals surface area (Å²) in [4.78, 5) is 45.0. The van der Waals surface area contributed by atoms with Gasteiger partial charge in [-0.25, -0.2) is 4.79 Å². The highest BCUT2D eigenvalue weighted by molar-refractivity contribution is 6.02. The summed E-state index contributed by atoms with van der Waals surface area (Å²) in [5.41, 5.74) is 5.82. The minimum atomic E-state index is -0.570. The Kier molecular flexibility index (Phi) is 11.3. The summed E-state index contributed by atoms with van der Waals surface area (Å²) in [7, 11) is 1.30. The van der Waals surface area contributed by atoms with Crippen molar-refractivity contribution < 1.29 is 28.6 Å². The fraction of sp³-hybridized carbons (Fsp3) is 0.308. The van der Waals surface area contributed by atoms with Crippen LogP contribution in [0.15, 0.2) is 103 Å². The highest BCUT2D eigenvalue weighted by Gasteiger charge is 2.28. The van der Waals surface area contributed by atoms with Crippen molar-refractivity contribution in [3.8, 4) is 11.1 Å². The molecular formula is C39H42N4O6. The lowest BCUT2D eigenvalue weighted by atomic mass is 9.96. The van der Waals surface area contributed by atoms with Gasteiger partial charge < -0.3 is 29.3 Å². The van der Waals surface area contributed by atoms with E-state index in [2.05, 4.69) is 75.8 Å². The van der Waals surface area contributed by atoms with Gasteiger partial charge in [-0.3, -0.25) is 14.5 Å². The molecule has 0 unspecified atom stereocenters. The number of benzene rings is 4. The Bertz CT molecular complexity index is 1660. The van der Waals surface area contributed by atoms with Crippen LogP contribution in [0.1, 0.15) is 27.5 Å². The quantitative estimate of drug-likeness (QED) is 0.227. The standard InChI is InChI=1S/C39H42N4O6/c1-47-39(46)34-26-32(29-12-15-33(16-13-29)41-22-24-48-25-23-41)14-17-35(34)40-36(44)27-49-28-37(45)42-18-20-43(21-19-42)38(30-8-4-2-5-9-30)31-10-6-3-7-11-31/h2-17,26,38H,18-25,27-28H2,1H3,(H,40,44). The van der Waals surface area contributed by atoms with Crippen LogP contribution in [0.3, 0.4) is 0 Å². The van der Waals surface area contributed by atoms with Gasteiger partial charge in [0, 0.05) is 45.0 Å². The van der Waals surface area contributed by atoms with Crippen molar-refractivity contribution in [3.05, 3.63) is 120 Å². The van der Waals surface area contributed by atoms with Crippen LogP contribution in [0.5, 0.6) is 0 Å². The van der Waals surface area contributed by atoms with E-state index in [9.17, 15) is 14.4 Å². The van der Waals surface area contributed by atoms with Crippen LogP contribution in [0.25, 0.3) is 11.1 Å². The van der Waals surface area contributed by atoms with Gasteiger partial charge in [-0.2, -0.15) is 0 Å². The van der Waals surface area contributed by atoms with Crippen molar-refractivity contribution in [3.63, 3.8) is 0 Å². The highest BCUT2D eigenvalue weighted by Crippen LogP contribution is 2.30. The lowest BCUT2D eigenvalue weighted by Crippen LogP contribution is -2.50. The molecule has 0 spiro atoms. The van der Waals surface area contributed by atoms with Crippen molar-refractivity contribution in [1.29, 1.82) is 0 Å². The Morgan fingerprint density at radius 2 is 1.35 bits per heavy atom. The van der Waals surface area contributed by atoms with Crippen LogP contribution in [0.2, 0.25) is 0 Å². The number of hydrogen-bond donors (Lipinski definition) is 1. The second-order valence-electron chi connectivity index (χ2n) is 12.1.